The molecule has 3 N–H and O–H groups in total. The van der Waals surface area contributed by atoms with Gasteiger partial charge >= 0.3 is 5.69 Å². The molecular weight excluding hydrogens is 214 g/mol. The molecule has 8 nitrogen and oxygen atoms in total. The minimum atomic E-state index is -0.535. The topological polar surface area (TPSA) is 105 Å². The second-order valence-electron chi connectivity index (χ2n) is 2.92. The Morgan fingerprint density at radius 3 is 2.50 bits per heavy atom. The summed E-state index contributed by atoms with van der Waals surface area (Å²) in [6.45, 7) is 0. The highest BCUT2D eigenvalue weighted by atomic mass is 16.6. The second kappa shape index (κ2) is 4.51. The number of nitrogens with zero attached hydrogens (tertiary/aromatic N) is 3. The summed E-state index contributed by atoms with van der Waals surface area (Å²) in [5, 5.41) is 25.8. The van der Waals surface area contributed by atoms with Crippen molar-refractivity contribution in [3.63, 3.8) is 0 Å². The molecule has 0 radical (unpaired) electrons. The van der Waals surface area contributed by atoms with Gasteiger partial charge in [-0.2, -0.15) is 4.73 Å². The first-order chi connectivity index (χ1) is 7.56. The second-order valence-corrected chi connectivity index (χ2v) is 2.92. The maximum atomic E-state index is 10.9. The molecule has 0 atom stereocenters. The molecule has 0 bridgehead atoms. The van der Waals surface area contributed by atoms with Gasteiger partial charge in [-0.25, -0.2) is 0 Å². The van der Waals surface area contributed by atoms with Crippen LogP contribution >= 0.6 is 0 Å². The predicted molar refractivity (Wildman–Crippen MR) is 58.9 cm³/mol. The molecule has 0 saturated carbocycles. The van der Waals surface area contributed by atoms with Crippen LogP contribution in [0.3, 0.4) is 0 Å². The molecule has 16 heavy (non-hydrogen) atoms. The Morgan fingerprint density at radius 1 is 1.50 bits per heavy atom. The number of rotatable bonds is 3. The van der Waals surface area contributed by atoms with Gasteiger partial charge < -0.3 is 15.8 Å². The van der Waals surface area contributed by atoms with Crippen molar-refractivity contribution in [3.05, 3.63) is 21.8 Å². The average Bonchev–Trinajstić information content (AvgIpc) is 2.26. The molecule has 0 unspecified atom stereocenters. The molecule has 0 aliphatic carbocycles. The number of hydrogen-bond donors (Lipinski definition) is 3. The van der Waals surface area contributed by atoms with Gasteiger partial charge in [0.2, 0.25) is 0 Å². The molecule has 0 aromatic carbocycles. The van der Waals surface area contributed by atoms with Crippen LogP contribution in [0.25, 0.3) is 0 Å². The zero-order valence-electron chi connectivity index (χ0n) is 9.18. The minimum Gasteiger partial charge on any atom is -0.427 e. The van der Waals surface area contributed by atoms with Crippen molar-refractivity contribution in [1.82, 2.24) is 4.73 Å². The molecule has 1 aromatic heterocycles. The largest absolute Gasteiger partial charge is 0.427 e. The first kappa shape index (κ1) is 11.8. The molecule has 0 saturated heterocycles. The minimum absolute atomic E-state index is 0.0909. The van der Waals surface area contributed by atoms with Crippen LogP contribution in [0, 0.1) is 10.1 Å². The van der Waals surface area contributed by atoms with E-state index in [0.717, 1.165) is 4.73 Å². The Morgan fingerprint density at radius 2 is 2.12 bits per heavy atom. The number of nitrogens with one attached hydrogen (secondary N) is 2. The van der Waals surface area contributed by atoms with E-state index in [0.29, 0.717) is 0 Å². The molecule has 0 spiro atoms. The third-order valence-electron chi connectivity index (χ3n) is 2.10. The van der Waals surface area contributed by atoms with Crippen molar-refractivity contribution in [2.24, 2.45) is 4.99 Å². The van der Waals surface area contributed by atoms with E-state index in [-0.39, 0.29) is 22.5 Å². The fourth-order valence-corrected chi connectivity index (χ4v) is 1.42. The predicted octanol–water partition coefficient (Wildman–Crippen LogP) is 0.247. The fourth-order valence-electron chi connectivity index (χ4n) is 1.42. The Balaban J connectivity index is 3.74. The number of pyridine rings is 1. The molecule has 1 rings (SSSR count). The lowest BCUT2D eigenvalue weighted by Crippen LogP contribution is -2.24. The van der Waals surface area contributed by atoms with Gasteiger partial charge in [0.1, 0.15) is 5.69 Å². The summed E-state index contributed by atoms with van der Waals surface area (Å²) in [7, 11) is 4.49. The van der Waals surface area contributed by atoms with Crippen LogP contribution < -0.4 is 16.1 Å². The number of anilines is 2. The summed E-state index contributed by atoms with van der Waals surface area (Å²) in [6.07, 6.45) is 1.20. The van der Waals surface area contributed by atoms with Crippen LogP contribution in [-0.4, -0.2) is 36.0 Å². The standard InChI is InChI=1S/C8H13N5O3/c1-9-5-4-12(14)8(11-3)6(10-2)7(5)13(15)16/h4,9-10,14H,1-3H3. The lowest BCUT2D eigenvalue weighted by atomic mass is 10.3. The number of hydrogen-bond acceptors (Lipinski definition) is 6. The van der Waals surface area contributed by atoms with Crippen LogP contribution in [0.1, 0.15) is 0 Å². The summed E-state index contributed by atoms with van der Waals surface area (Å²) in [5.41, 5.74) is 0.287. The third kappa shape index (κ3) is 1.76. The highest BCUT2D eigenvalue weighted by Crippen LogP contribution is 2.28. The average molecular weight is 227 g/mol. The van der Waals surface area contributed by atoms with Gasteiger partial charge in [-0.05, 0) is 0 Å². The smallest absolute Gasteiger partial charge is 0.320 e. The Kier molecular flexibility index (Phi) is 3.33. The number of aromatic nitrogens is 1. The third-order valence-corrected chi connectivity index (χ3v) is 2.10. The summed E-state index contributed by atoms with van der Waals surface area (Å²) in [6, 6.07) is 0. The molecule has 0 amide bonds. The summed E-state index contributed by atoms with van der Waals surface area (Å²) in [5.74, 6) is 0. The quantitative estimate of drug-likeness (QED) is 0.390. The van der Waals surface area contributed by atoms with E-state index in [4.69, 9.17) is 0 Å². The van der Waals surface area contributed by atoms with E-state index in [9.17, 15) is 15.3 Å². The number of nitro groups is 1. The van der Waals surface area contributed by atoms with Gasteiger partial charge in [-0.15, -0.1) is 0 Å². The molecule has 0 fully saturated rings. The lowest BCUT2D eigenvalue weighted by molar-refractivity contribution is -0.383. The molecular formula is C8H13N5O3. The summed E-state index contributed by atoms with van der Waals surface area (Å²) in [4.78, 5) is 14.2. The van der Waals surface area contributed by atoms with E-state index in [1.165, 1.54) is 27.3 Å². The van der Waals surface area contributed by atoms with E-state index >= 15 is 0 Å². The highest BCUT2D eigenvalue weighted by Gasteiger charge is 2.22. The maximum Gasteiger partial charge on any atom is 0.320 e. The molecule has 1 heterocycles. The van der Waals surface area contributed by atoms with Gasteiger partial charge in [-0.1, -0.05) is 0 Å². The van der Waals surface area contributed by atoms with E-state index < -0.39 is 4.92 Å². The van der Waals surface area contributed by atoms with Crippen molar-refractivity contribution in [3.8, 4) is 0 Å². The summed E-state index contributed by atoms with van der Waals surface area (Å²) < 4.78 is 0.727. The van der Waals surface area contributed by atoms with Gasteiger partial charge in [0.25, 0.3) is 0 Å². The Bertz CT molecular complexity index is 479. The normalized spacial score (nSPS) is 11.3. The Labute approximate surface area is 91.4 Å². The van der Waals surface area contributed by atoms with Crippen molar-refractivity contribution < 1.29 is 10.1 Å². The van der Waals surface area contributed by atoms with Crippen LogP contribution in [-0.2, 0) is 0 Å². The van der Waals surface area contributed by atoms with Crippen LogP contribution in [0.4, 0.5) is 17.1 Å². The van der Waals surface area contributed by atoms with E-state index in [1.54, 1.807) is 0 Å². The van der Waals surface area contributed by atoms with Crippen molar-refractivity contribution in [2.75, 3.05) is 31.8 Å². The maximum absolute atomic E-state index is 10.9. The zero-order chi connectivity index (χ0) is 12.3. The SMILES string of the molecule is CN=c1c(NC)c([N+](=O)[O-])c(NC)cn1O. The Hall–Kier alpha value is -2.25. The van der Waals surface area contributed by atoms with Crippen molar-refractivity contribution in [1.29, 1.82) is 0 Å². The van der Waals surface area contributed by atoms with Gasteiger partial charge in [-0.3, -0.25) is 15.1 Å². The monoisotopic (exact) mass is 227 g/mol. The first-order valence-electron chi connectivity index (χ1n) is 4.48. The van der Waals surface area contributed by atoms with E-state index in [1.807, 2.05) is 0 Å². The lowest BCUT2D eigenvalue weighted by Gasteiger charge is -2.10. The summed E-state index contributed by atoms with van der Waals surface area (Å²) >= 11 is 0. The van der Waals surface area contributed by atoms with E-state index in [2.05, 4.69) is 15.6 Å². The van der Waals surface area contributed by atoms with Gasteiger partial charge in [0, 0.05) is 21.1 Å². The fraction of sp³-hybridized carbons (Fsp3) is 0.375. The van der Waals surface area contributed by atoms with Crippen LogP contribution in [0.2, 0.25) is 0 Å². The molecule has 0 aliphatic rings. The first-order valence-corrected chi connectivity index (χ1v) is 4.48. The van der Waals surface area contributed by atoms with Crippen LogP contribution in [0.5, 0.6) is 0 Å². The molecule has 8 heteroatoms. The van der Waals surface area contributed by atoms with Gasteiger partial charge in [0.05, 0.1) is 11.1 Å². The van der Waals surface area contributed by atoms with Crippen LogP contribution in [0.15, 0.2) is 11.2 Å². The van der Waals surface area contributed by atoms with Crippen molar-refractivity contribution in [2.45, 2.75) is 0 Å². The molecule has 88 valence electrons. The zero-order valence-corrected chi connectivity index (χ0v) is 9.18. The van der Waals surface area contributed by atoms with Gasteiger partial charge in [0.15, 0.2) is 11.2 Å². The van der Waals surface area contributed by atoms with Crippen molar-refractivity contribution >= 4 is 17.1 Å². The molecule has 0 aliphatic heterocycles. The highest BCUT2D eigenvalue weighted by molar-refractivity contribution is 5.74. The molecule has 1 aromatic rings.